The van der Waals surface area contributed by atoms with Crippen LogP contribution in [-0.4, -0.2) is 23.6 Å². The Kier molecular flexibility index (Phi) is 2.57. The maximum Gasteiger partial charge on any atom is 0.105 e. The van der Waals surface area contributed by atoms with Gasteiger partial charge in [-0.3, -0.25) is 5.01 Å². The van der Waals surface area contributed by atoms with Crippen LogP contribution < -0.4 is 5.84 Å². The summed E-state index contributed by atoms with van der Waals surface area (Å²) in [7, 11) is 2.14. The second-order valence-electron chi connectivity index (χ2n) is 6.43. The Balaban J connectivity index is 2.01. The van der Waals surface area contributed by atoms with Gasteiger partial charge in [-0.25, -0.2) is 5.84 Å². The van der Waals surface area contributed by atoms with Crippen molar-refractivity contribution in [1.82, 2.24) is 9.91 Å². The van der Waals surface area contributed by atoms with Crippen LogP contribution in [0.2, 0.25) is 0 Å². The van der Waals surface area contributed by atoms with E-state index in [4.69, 9.17) is 5.84 Å². The molecule has 0 saturated carbocycles. The lowest BCUT2D eigenvalue weighted by atomic mass is 9.63. The molecule has 0 bridgehead atoms. The van der Waals surface area contributed by atoms with Crippen LogP contribution in [0.15, 0.2) is 71.1 Å². The van der Waals surface area contributed by atoms with Crippen LogP contribution in [-0.2, 0) is 0 Å². The maximum absolute atomic E-state index is 6.31. The first kappa shape index (κ1) is 12.7. The zero-order chi connectivity index (χ0) is 14.6. The van der Waals surface area contributed by atoms with Crippen molar-refractivity contribution in [3.8, 4) is 0 Å². The Morgan fingerprint density at radius 2 is 2.10 bits per heavy atom. The van der Waals surface area contributed by atoms with Crippen molar-refractivity contribution in [3.05, 3.63) is 71.1 Å². The summed E-state index contributed by atoms with van der Waals surface area (Å²) in [5, 5.41) is 1.91. The summed E-state index contributed by atoms with van der Waals surface area (Å²) >= 11 is 0. The Labute approximate surface area is 126 Å². The lowest BCUT2D eigenvalue weighted by Crippen LogP contribution is -2.37. The summed E-state index contributed by atoms with van der Waals surface area (Å²) in [5.41, 5.74) is 5.39. The van der Waals surface area contributed by atoms with Gasteiger partial charge < -0.3 is 4.90 Å². The molecule has 0 amide bonds. The standard InChI is InChI=1S/C18H21N3/c1-18-11-7-6-10-15(18)17-16(21(19)12-20(17)2)13-8-4-3-5-9-14(13)18/h3-7,9-11,15H,8,12,19H2,1-2H3. The van der Waals surface area contributed by atoms with E-state index in [0.717, 1.165) is 13.1 Å². The first-order valence-electron chi connectivity index (χ1n) is 7.53. The third-order valence-corrected chi connectivity index (χ3v) is 5.13. The third kappa shape index (κ3) is 1.58. The normalized spacial score (nSPS) is 33.4. The number of allylic oxidation sites excluding steroid dienone is 10. The second kappa shape index (κ2) is 4.25. The summed E-state index contributed by atoms with van der Waals surface area (Å²) in [4.78, 5) is 2.30. The van der Waals surface area contributed by atoms with Crippen molar-refractivity contribution < 1.29 is 0 Å². The minimum Gasteiger partial charge on any atom is -0.357 e. The molecule has 21 heavy (non-hydrogen) atoms. The maximum atomic E-state index is 6.31. The molecule has 1 heterocycles. The molecule has 0 aromatic rings. The van der Waals surface area contributed by atoms with Gasteiger partial charge in [0.25, 0.3) is 0 Å². The van der Waals surface area contributed by atoms with Crippen molar-refractivity contribution in [2.24, 2.45) is 17.2 Å². The number of hydrazine groups is 1. The predicted octanol–water partition coefficient (Wildman–Crippen LogP) is 2.85. The summed E-state index contributed by atoms with van der Waals surface area (Å²) in [6.07, 6.45) is 18.7. The molecule has 2 unspecified atom stereocenters. The molecule has 0 aromatic carbocycles. The second-order valence-corrected chi connectivity index (χ2v) is 6.43. The number of hydrogen-bond acceptors (Lipinski definition) is 3. The molecule has 3 nitrogen and oxygen atoms in total. The molecule has 2 atom stereocenters. The predicted molar refractivity (Wildman–Crippen MR) is 85.5 cm³/mol. The van der Waals surface area contributed by atoms with E-state index in [2.05, 4.69) is 67.5 Å². The molecule has 0 fully saturated rings. The Hall–Kier alpha value is -2.00. The Bertz CT molecular complexity index is 675. The van der Waals surface area contributed by atoms with E-state index in [0.29, 0.717) is 5.92 Å². The molecule has 0 saturated heterocycles. The van der Waals surface area contributed by atoms with Crippen molar-refractivity contribution in [2.75, 3.05) is 13.7 Å². The van der Waals surface area contributed by atoms with Gasteiger partial charge in [-0.15, -0.1) is 0 Å². The van der Waals surface area contributed by atoms with Crippen LogP contribution in [0.25, 0.3) is 0 Å². The van der Waals surface area contributed by atoms with Crippen molar-refractivity contribution in [2.45, 2.75) is 13.3 Å². The lowest BCUT2D eigenvalue weighted by Gasteiger charge is -2.43. The fourth-order valence-corrected chi connectivity index (χ4v) is 4.14. The molecule has 0 spiro atoms. The topological polar surface area (TPSA) is 32.5 Å². The van der Waals surface area contributed by atoms with Gasteiger partial charge in [-0.2, -0.15) is 0 Å². The summed E-state index contributed by atoms with van der Waals surface area (Å²) < 4.78 is 0. The summed E-state index contributed by atoms with van der Waals surface area (Å²) in [6, 6.07) is 0. The SMILES string of the molecule is CN1CN(N)C2=C1C1C=CC=CC1(C)C1=C2CC=CC=C1. The molecule has 3 aliphatic carbocycles. The minimum atomic E-state index is 0.0187. The Morgan fingerprint density at radius 3 is 2.95 bits per heavy atom. The Morgan fingerprint density at radius 1 is 1.24 bits per heavy atom. The van der Waals surface area contributed by atoms with Gasteiger partial charge >= 0.3 is 0 Å². The highest BCUT2D eigenvalue weighted by atomic mass is 15.5. The van der Waals surface area contributed by atoms with E-state index < -0.39 is 0 Å². The minimum absolute atomic E-state index is 0.0187. The van der Waals surface area contributed by atoms with Crippen molar-refractivity contribution in [1.29, 1.82) is 0 Å². The number of nitrogens with zero attached hydrogens (tertiary/aromatic N) is 2. The molecular formula is C18H21N3. The molecule has 0 radical (unpaired) electrons. The smallest absolute Gasteiger partial charge is 0.105 e. The van der Waals surface area contributed by atoms with E-state index >= 15 is 0 Å². The van der Waals surface area contributed by atoms with E-state index in [1.807, 2.05) is 5.01 Å². The van der Waals surface area contributed by atoms with Crippen molar-refractivity contribution >= 4 is 0 Å². The van der Waals surface area contributed by atoms with Gasteiger partial charge in [-0.1, -0.05) is 55.5 Å². The average molecular weight is 279 g/mol. The average Bonchev–Trinajstić information content (AvgIpc) is 2.66. The lowest BCUT2D eigenvalue weighted by molar-refractivity contribution is 0.268. The first-order chi connectivity index (χ1) is 10.1. The fraction of sp³-hybridized carbons (Fsp3) is 0.333. The fourth-order valence-electron chi connectivity index (χ4n) is 4.14. The van der Waals surface area contributed by atoms with Crippen LogP contribution >= 0.6 is 0 Å². The van der Waals surface area contributed by atoms with Crippen molar-refractivity contribution in [3.63, 3.8) is 0 Å². The largest absolute Gasteiger partial charge is 0.357 e. The zero-order valence-corrected chi connectivity index (χ0v) is 12.6. The van der Waals surface area contributed by atoms with Gasteiger partial charge in [0.05, 0.1) is 5.70 Å². The number of fused-ring (bicyclic) bond motifs is 4. The molecule has 2 N–H and O–H groups in total. The van der Waals surface area contributed by atoms with E-state index in [9.17, 15) is 0 Å². The van der Waals surface area contributed by atoms with E-state index in [-0.39, 0.29) is 5.41 Å². The molecular weight excluding hydrogens is 258 g/mol. The zero-order valence-electron chi connectivity index (χ0n) is 12.6. The molecule has 4 aliphatic rings. The van der Waals surface area contributed by atoms with Crippen LogP contribution in [0, 0.1) is 11.3 Å². The third-order valence-electron chi connectivity index (χ3n) is 5.13. The quantitative estimate of drug-likeness (QED) is 0.692. The van der Waals surface area contributed by atoms with E-state index in [1.165, 1.54) is 22.5 Å². The van der Waals surface area contributed by atoms with Gasteiger partial charge in [0.2, 0.25) is 0 Å². The van der Waals surface area contributed by atoms with Crippen LogP contribution in [0.1, 0.15) is 13.3 Å². The van der Waals surface area contributed by atoms with Crippen LogP contribution in [0.5, 0.6) is 0 Å². The summed E-state index contributed by atoms with van der Waals surface area (Å²) in [5.74, 6) is 6.67. The number of rotatable bonds is 0. The van der Waals surface area contributed by atoms with Gasteiger partial charge in [0.15, 0.2) is 0 Å². The highest BCUT2D eigenvalue weighted by molar-refractivity contribution is 5.57. The monoisotopic (exact) mass is 279 g/mol. The molecule has 1 aliphatic heterocycles. The number of hydrogen-bond donors (Lipinski definition) is 1. The summed E-state index contributed by atoms with van der Waals surface area (Å²) in [6.45, 7) is 3.11. The van der Waals surface area contributed by atoms with Gasteiger partial charge in [-0.05, 0) is 17.6 Å². The van der Waals surface area contributed by atoms with Gasteiger partial charge in [0, 0.05) is 24.1 Å². The van der Waals surface area contributed by atoms with E-state index in [1.54, 1.807) is 0 Å². The highest BCUT2D eigenvalue weighted by Gasteiger charge is 2.47. The van der Waals surface area contributed by atoms with Crippen LogP contribution in [0.3, 0.4) is 0 Å². The molecule has 108 valence electrons. The number of nitrogens with two attached hydrogens (primary N) is 1. The highest BCUT2D eigenvalue weighted by Crippen LogP contribution is 2.54. The van der Waals surface area contributed by atoms with Crippen LogP contribution in [0.4, 0.5) is 0 Å². The molecule has 3 heteroatoms. The molecule has 4 rings (SSSR count). The molecule has 0 aromatic heterocycles. The first-order valence-corrected chi connectivity index (χ1v) is 7.53. The van der Waals surface area contributed by atoms with Gasteiger partial charge in [0.1, 0.15) is 6.67 Å².